The molecule has 1 heterocycles. The van der Waals surface area contributed by atoms with Crippen LogP contribution in [0.1, 0.15) is 12.0 Å². The molecule has 0 radical (unpaired) electrons. The molecule has 0 spiro atoms. The molecule has 1 N–H and O–H groups in total. The van der Waals surface area contributed by atoms with Crippen molar-refractivity contribution in [2.75, 3.05) is 7.11 Å². The van der Waals surface area contributed by atoms with Crippen LogP contribution in [0.2, 0.25) is 0 Å². The Bertz CT molecular complexity index is 389. The molecule has 0 amide bonds. The van der Waals surface area contributed by atoms with Crippen molar-refractivity contribution in [3.05, 3.63) is 29.8 Å². The minimum Gasteiger partial charge on any atom is -0.497 e. The van der Waals surface area contributed by atoms with E-state index in [1.807, 2.05) is 24.3 Å². The molecule has 1 aromatic carbocycles. The van der Waals surface area contributed by atoms with Crippen molar-refractivity contribution in [3.63, 3.8) is 0 Å². The van der Waals surface area contributed by atoms with Crippen LogP contribution in [0.25, 0.3) is 0 Å². The highest BCUT2D eigenvalue weighted by Crippen LogP contribution is 2.20. The standard InChI is InChI=1S/C11H12Cl2N2O/c1-16-8-4-2-7(3-5-8)9-6-10(11(12)13)15-14-9/h2-5,10-11,15H,6H2,1H3. The molecule has 0 aliphatic carbocycles. The first-order valence-electron chi connectivity index (χ1n) is 4.95. The average Bonchev–Trinajstić information content (AvgIpc) is 2.78. The second-order valence-corrected chi connectivity index (χ2v) is 4.72. The summed E-state index contributed by atoms with van der Waals surface area (Å²) in [6.45, 7) is 0. The number of methoxy groups -OCH3 is 1. The van der Waals surface area contributed by atoms with Crippen molar-refractivity contribution in [3.8, 4) is 5.75 Å². The number of hydrazone groups is 1. The molecule has 0 bridgehead atoms. The van der Waals surface area contributed by atoms with Crippen LogP contribution >= 0.6 is 23.2 Å². The molecule has 3 nitrogen and oxygen atoms in total. The van der Waals surface area contributed by atoms with Gasteiger partial charge >= 0.3 is 0 Å². The zero-order valence-electron chi connectivity index (χ0n) is 8.78. The summed E-state index contributed by atoms with van der Waals surface area (Å²) >= 11 is 11.6. The molecule has 1 aliphatic heterocycles. The third-order valence-corrected chi connectivity index (χ3v) is 3.11. The summed E-state index contributed by atoms with van der Waals surface area (Å²) < 4.78 is 5.09. The van der Waals surface area contributed by atoms with Crippen molar-refractivity contribution >= 4 is 28.9 Å². The quantitative estimate of drug-likeness (QED) is 0.846. The van der Waals surface area contributed by atoms with Crippen molar-refractivity contribution in [2.24, 2.45) is 5.10 Å². The molecular weight excluding hydrogens is 247 g/mol. The van der Waals surface area contributed by atoms with E-state index in [0.29, 0.717) is 0 Å². The number of ether oxygens (including phenoxy) is 1. The summed E-state index contributed by atoms with van der Waals surface area (Å²) in [6, 6.07) is 7.76. The lowest BCUT2D eigenvalue weighted by molar-refractivity contribution is 0.415. The Morgan fingerprint density at radius 1 is 1.38 bits per heavy atom. The molecule has 1 aromatic rings. The van der Waals surface area contributed by atoms with E-state index in [4.69, 9.17) is 27.9 Å². The van der Waals surface area contributed by atoms with Gasteiger partial charge in [0.05, 0.1) is 18.9 Å². The van der Waals surface area contributed by atoms with Crippen molar-refractivity contribution < 1.29 is 4.74 Å². The average molecular weight is 259 g/mol. The fraction of sp³-hybridized carbons (Fsp3) is 0.364. The summed E-state index contributed by atoms with van der Waals surface area (Å²) in [7, 11) is 1.64. The van der Waals surface area contributed by atoms with Crippen LogP contribution in [0.4, 0.5) is 0 Å². The molecule has 0 saturated carbocycles. The highest BCUT2D eigenvalue weighted by Gasteiger charge is 2.24. The SMILES string of the molecule is COc1ccc(C2=NNC(C(Cl)Cl)C2)cc1. The first-order valence-corrected chi connectivity index (χ1v) is 5.82. The largest absolute Gasteiger partial charge is 0.497 e. The summed E-state index contributed by atoms with van der Waals surface area (Å²) in [5.74, 6) is 0.833. The minimum absolute atomic E-state index is 0.000403. The van der Waals surface area contributed by atoms with Crippen molar-refractivity contribution in [1.29, 1.82) is 0 Å². The van der Waals surface area contributed by atoms with Crippen LogP contribution in [-0.4, -0.2) is 23.7 Å². The van der Waals surface area contributed by atoms with Gasteiger partial charge < -0.3 is 10.2 Å². The highest BCUT2D eigenvalue weighted by atomic mass is 35.5. The van der Waals surface area contributed by atoms with Gasteiger partial charge in [0.1, 0.15) is 10.6 Å². The van der Waals surface area contributed by atoms with E-state index in [1.54, 1.807) is 7.11 Å². The maximum Gasteiger partial charge on any atom is 0.129 e. The van der Waals surface area contributed by atoms with Gasteiger partial charge in [-0.05, 0) is 29.8 Å². The monoisotopic (exact) mass is 258 g/mol. The van der Waals surface area contributed by atoms with E-state index in [2.05, 4.69) is 10.5 Å². The van der Waals surface area contributed by atoms with Gasteiger partial charge in [0.25, 0.3) is 0 Å². The molecule has 16 heavy (non-hydrogen) atoms. The molecule has 0 saturated heterocycles. The van der Waals surface area contributed by atoms with Gasteiger partial charge in [-0.15, -0.1) is 23.2 Å². The number of nitrogens with zero attached hydrogens (tertiary/aromatic N) is 1. The number of halogens is 2. The third kappa shape index (κ3) is 2.42. The predicted molar refractivity (Wildman–Crippen MR) is 66.6 cm³/mol. The Morgan fingerprint density at radius 2 is 2.06 bits per heavy atom. The molecule has 1 atom stereocenters. The van der Waals surface area contributed by atoms with Crippen LogP contribution in [0.15, 0.2) is 29.4 Å². The Kier molecular flexibility index (Phi) is 3.56. The van der Waals surface area contributed by atoms with Gasteiger partial charge in [0, 0.05) is 6.42 Å². The van der Waals surface area contributed by atoms with Gasteiger partial charge in [-0.25, -0.2) is 0 Å². The zero-order chi connectivity index (χ0) is 11.5. The van der Waals surface area contributed by atoms with Crippen LogP contribution in [0, 0.1) is 0 Å². The Balaban J connectivity index is 2.08. The zero-order valence-corrected chi connectivity index (χ0v) is 10.3. The van der Waals surface area contributed by atoms with E-state index in [0.717, 1.165) is 23.4 Å². The molecule has 0 fully saturated rings. The number of hydrogen-bond donors (Lipinski definition) is 1. The second-order valence-electron chi connectivity index (χ2n) is 3.56. The molecule has 0 aromatic heterocycles. The van der Waals surface area contributed by atoms with E-state index in [-0.39, 0.29) is 6.04 Å². The van der Waals surface area contributed by atoms with Gasteiger partial charge in [-0.2, -0.15) is 5.10 Å². The lowest BCUT2D eigenvalue weighted by Crippen LogP contribution is -2.26. The first-order chi connectivity index (χ1) is 7.70. The molecular formula is C11H12Cl2N2O. The number of benzene rings is 1. The topological polar surface area (TPSA) is 33.6 Å². The fourth-order valence-corrected chi connectivity index (χ4v) is 1.86. The maximum absolute atomic E-state index is 5.79. The number of alkyl halides is 2. The first kappa shape index (κ1) is 11.6. The normalized spacial score (nSPS) is 19.5. The molecule has 86 valence electrons. The van der Waals surface area contributed by atoms with E-state index >= 15 is 0 Å². The second kappa shape index (κ2) is 4.93. The fourth-order valence-electron chi connectivity index (χ4n) is 1.57. The number of hydrogen-bond acceptors (Lipinski definition) is 3. The molecule has 2 rings (SSSR count). The van der Waals surface area contributed by atoms with E-state index in [9.17, 15) is 0 Å². The van der Waals surface area contributed by atoms with Crippen LogP contribution in [0.5, 0.6) is 5.75 Å². The van der Waals surface area contributed by atoms with Crippen molar-refractivity contribution in [1.82, 2.24) is 5.43 Å². The van der Waals surface area contributed by atoms with E-state index < -0.39 is 4.84 Å². The Labute approximate surface area is 104 Å². The molecule has 1 aliphatic rings. The summed E-state index contributed by atoms with van der Waals surface area (Å²) in [5.41, 5.74) is 4.96. The molecule has 1 unspecified atom stereocenters. The Morgan fingerprint density at radius 3 is 2.56 bits per heavy atom. The Hall–Kier alpha value is -0.930. The van der Waals surface area contributed by atoms with E-state index in [1.165, 1.54) is 0 Å². The summed E-state index contributed by atoms with van der Waals surface area (Å²) in [6.07, 6.45) is 0.740. The smallest absolute Gasteiger partial charge is 0.129 e. The van der Waals surface area contributed by atoms with Crippen LogP contribution in [0.3, 0.4) is 0 Å². The van der Waals surface area contributed by atoms with Crippen molar-refractivity contribution in [2.45, 2.75) is 17.3 Å². The lowest BCUT2D eigenvalue weighted by atomic mass is 10.1. The summed E-state index contributed by atoms with van der Waals surface area (Å²) in [4.78, 5) is -0.445. The van der Waals surface area contributed by atoms with Gasteiger partial charge in [-0.3, -0.25) is 0 Å². The minimum atomic E-state index is -0.445. The third-order valence-electron chi connectivity index (χ3n) is 2.51. The highest BCUT2D eigenvalue weighted by molar-refractivity contribution is 6.45. The van der Waals surface area contributed by atoms with Gasteiger partial charge in [0.15, 0.2) is 0 Å². The van der Waals surface area contributed by atoms with Gasteiger partial charge in [0.2, 0.25) is 0 Å². The van der Waals surface area contributed by atoms with Crippen LogP contribution < -0.4 is 10.2 Å². The van der Waals surface area contributed by atoms with Crippen LogP contribution in [-0.2, 0) is 0 Å². The summed E-state index contributed by atoms with van der Waals surface area (Å²) in [5, 5.41) is 4.22. The predicted octanol–water partition coefficient (Wildman–Crippen LogP) is 2.56. The number of nitrogens with one attached hydrogen (secondary N) is 1. The lowest BCUT2D eigenvalue weighted by Gasteiger charge is -2.09. The van der Waals surface area contributed by atoms with Gasteiger partial charge in [-0.1, -0.05) is 0 Å². The maximum atomic E-state index is 5.79. The molecule has 5 heteroatoms. The number of rotatable bonds is 3.